The van der Waals surface area contributed by atoms with Crippen molar-refractivity contribution >= 4 is 57.7 Å². The molecule has 248 valence electrons. The van der Waals surface area contributed by atoms with Crippen LogP contribution in [-0.4, -0.2) is 107 Å². The maximum atomic E-state index is 11.2. The van der Waals surface area contributed by atoms with Crippen molar-refractivity contribution < 1.29 is 34.5 Å². The zero-order chi connectivity index (χ0) is 34.7. The van der Waals surface area contributed by atoms with E-state index in [4.69, 9.17) is 27.5 Å². The van der Waals surface area contributed by atoms with Gasteiger partial charge in [-0.2, -0.15) is 0 Å². The lowest BCUT2D eigenvalue weighted by Crippen LogP contribution is -2.43. The summed E-state index contributed by atoms with van der Waals surface area (Å²) in [7, 11) is 2.94. The van der Waals surface area contributed by atoms with Crippen molar-refractivity contribution in [2.24, 2.45) is 0 Å². The largest absolute Gasteiger partial charge is 0.502 e. The summed E-state index contributed by atoms with van der Waals surface area (Å²) in [4.78, 5) is 67.7. The molecule has 0 spiro atoms. The highest BCUT2D eigenvalue weighted by atomic mass is 32.2. The van der Waals surface area contributed by atoms with Crippen molar-refractivity contribution in [2.75, 3.05) is 58.7 Å². The summed E-state index contributed by atoms with van der Waals surface area (Å²) in [6.45, 7) is 16.5. The van der Waals surface area contributed by atoms with Gasteiger partial charge in [0.15, 0.2) is 5.75 Å². The van der Waals surface area contributed by atoms with E-state index in [2.05, 4.69) is 16.0 Å². The third kappa shape index (κ3) is 21.1. The Kier molecular flexibility index (Phi) is 31.2. The highest BCUT2D eigenvalue weighted by Crippen LogP contribution is 2.22. The number of aliphatic carboxylic acids is 2. The molecule has 1 fully saturated rings. The second kappa shape index (κ2) is 28.8. The van der Waals surface area contributed by atoms with Gasteiger partial charge in [-0.1, -0.05) is 78.5 Å². The molecule has 0 saturated carbocycles. The van der Waals surface area contributed by atoms with E-state index in [0.29, 0.717) is 28.9 Å². The normalized spacial score (nSPS) is 12.0. The van der Waals surface area contributed by atoms with Gasteiger partial charge in [-0.15, -0.1) is 0 Å². The first-order valence-electron chi connectivity index (χ1n) is 13.8. The Morgan fingerprint density at radius 2 is 1.35 bits per heavy atom. The minimum Gasteiger partial charge on any atom is -0.502 e. The van der Waals surface area contributed by atoms with Crippen LogP contribution in [0.1, 0.15) is 55.4 Å². The van der Waals surface area contributed by atoms with Crippen molar-refractivity contribution in [1.29, 1.82) is 0 Å². The molecule has 0 atom stereocenters. The van der Waals surface area contributed by atoms with Gasteiger partial charge in [0.1, 0.15) is 10.0 Å². The van der Waals surface area contributed by atoms with E-state index < -0.39 is 28.5 Å². The number of carbonyl (C=O) groups is 4. The van der Waals surface area contributed by atoms with E-state index >= 15 is 0 Å². The van der Waals surface area contributed by atoms with E-state index in [-0.39, 0.29) is 37.1 Å². The molecule has 0 radical (unpaired) electrons. The number of amides is 2. The van der Waals surface area contributed by atoms with Gasteiger partial charge in [-0.05, 0) is 13.5 Å². The number of aromatic hydroxyl groups is 1. The van der Waals surface area contributed by atoms with Crippen LogP contribution in [0.25, 0.3) is 0 Å². The molecule has 1 saturated heterocycles. The first kappa shape index (κ1) is 46.6. The fraction of sp³-hybridized carbons (Fsp3) is 0.593. The third-order valence-corrected chi connectivity index (χ3v) is 5.86. The zero-order valence-electron chi connectivity index (χ0n) is 26.8. The Morgan fingerprint density at radius 1 is 0.884 bits per heavy atom. The quantitative estimate of drug-likeness (QED) is 0.114. The van der Waals surface area contributed by atoms with Gasteiger partial charge in [-0.3, -0.25) is 38.6 Å². The summed E-state index contributed by atoms with van der Waals surface area (Å²) in [5.74, 6) is -2.76. The number of nitrogens with one attached hydrogen (secondary N) is 3. The van der Waals surface area contributed by atoms with E-state index in [9.17, 15) is 28.8 Å². The molecule has 1 aromatic rings. The van der Waals surface area contributed by atoms with Crippen LogP contribution in [0.3, 0.4) is 0 Å². The monoisotopic (exact) mass is 651 g/mol. The molecule has 43 heavy (non-hydrogen) atoms. The van der Waals surface area contributed by atoms with Crippen molar-refractivity contribution in [3.05, 3.63) is 31.4 Å². The summed E-state index contributed by atoms with van der Waals surface area (Å²) >= 11 is 6.04. The number of thioether (sulfide) groups is 1. The van der Waals surface area contributed by atoms with Crippen LogP contribution in [0.2, 0.25) is 0 Å². The number of hydrogen-bond acceptors (Lipinski definition) is 12. The van der Waals surface area contributed by atoms with E-state index in [1.165, 1.54) is 30.8 Å². The Bertz CT molecular complexity index is 1090. The first-order valence-corrected chi connectivity index (χ1v) is 15.0. The number of carboxylic acids is 2. The van der Waals surface area contributed by atoms with E-state index in [1.807, 2.05) is 55.4 Å². The summed E-state index contributed by atoms with van der Waals surface area (Å²) in [6, 6.07) is 0. The van der Waals surface area contributed by atoms with Crippen molar-refractivity contribution in [1.82, 2.24) is 20.4 Å². The number of carbonyl (C=O) groups excluding carboxylic acids is 2. The molecule has 1 aliphatic rings. The standard InChI is InChI=1S/C11H21N3O5.C5H5NO3.C5H5NOS2.3C2H6/c1-3-13(7-10(16)17)4-5-14(8-11(18)19)6-9(15)12-2;1-6-2-3(7)5(9)4(2)8;1-2-3-4(7)6-5(8)9-3;3*1-2/h3-8H2,1-2H3,(H,12,15)(H,16,17)(H,18,19);6-7H,1H3;2H,1H3,(H,6,7,8);3*1-2H3/b;;3-2-;;;. The van der Waals surface area contributed by atoms with Crippen LogP contribution < -0.4 is 26.8 Å². The molecule has 0 bridgehead atoms. The fourth-order valence-corrected chi connectivity index (χ4v) is 3.61. The zero-order valence-corrected chi connectivity index (χ0v) is 28.5. The minimum atomic E-state index is -1.02. The fourth-order valence-electron chi connectivity index (χ4n) is 2.64. The van der Waals surface area contributed by atoms with Crippen molar-refractivity contribution in [3.63, 3.8) is 0 Å². The predicted molar refractivity (Wildman–Crippen MR) is 177 cm³/mol. The number of allylic oxidation sites excluding steroid dienone is 1. The van der Waals surface area contributed by atoms with Crippen LogP contribution in [-0.2, 0) is 19.2 Å². The average Bonchev–Trinajstić information content (AvgIpc) is 3.34. The average molecular weight is 652 g/mol. The van der Waals surface area contributed by atoms with Gasteiger partial charge >= 0.3 is 11.9 Å². The van der Waals surface area contributed by atoms with Crippen molar-refractivity contribution in [2.45, 2.75) is 55.4 Å². The molecule has 0 unspecified atom stereocenters. The summed E-state index contributed by atoms with van der Waals surface area (Å²) in [5, 5.41) is 33.4. The molecule has 1 aliphatic heterocycles. The van der Waals surface area contributed by atoms with Crippen LogP contribution in [0.15, 0.2) is 20.6 Å². The van der Waals surface area contributed by atoms with Crippen LogP contribution in [0.4, 0.5) is 5.69 Å². The minimum absolute atomic E-state index is 0.0139. The first-order chi connectivity index (χ1) is 20.3. The number of rotatable bonds is 11. The molecule has 2 amide bonds. The molecule has 0 aromatic heterocycles. The number of anilines is 1. The number of nitrogens with zero attached hydrogens (tertiary/aromatic N) is 2. The molecule has 6 N–H and O–H groups in total. The highest BCUT2D eigenvalue weighted by molar-refractivity contribution is 8.26. The number of carboxylic acid groups (broad SMARTS) is 2. The van der Waals surface area contributed by atoms with E-state index in [1.54, 1.807) is 11.0 Å². The summed E-state index contributed by atoms with van der Waals surface area (Å²) in [5.41, 5.74) is -1.44. The Hall–Kier alpha value is -3.34. The number of hydrogen-bond donors (Lipinski definition) is 6. The Balaban J connectivity index is -0.000000264. The lowest BCUT2D eigenvalue weighted by atomic mass is 10.2. The molecule has 2 rings (SSSR count). The van der Waals surface area contributed by atoms with Gasteiger partial charge in [0.25, 0.3) is 16.8 Å². The van der Waals surface area contributed by atoms with Gasteiger partial charge in [0.2, 0.25) is 5.91 Å². The smallest absolute Gasteiger partial charge is 0.317 e. The molecule has 16 heteroatoms. The molecule has 0 aliphatic carbocycles. The Labute approximate surface area is 263 Å². The summed E-state index contributed by atoms with van der Waals surface area (Å²) in [6.07, 6.45) is 1.75. The summed E-state index contributed by atoms with van der Waals surface area (Å²) < 4.78 is 0.549. The molecular weight excluding hydrogens is 602 g/mol. The molecule has 1 aromatic carbocycles. The van der Waals surface area contributed by atoms with Crippen LogP contribution >= 0.6 is 24.0 Å². The Morgan fingerprint density at radius 3 is 1.63 bits per heavy atom. The molecule has 14 nitrogen and oxygen atoms in total. The number of likely N-dealkylation sites (N-methyl/N-ethyl adjacent to an activating group) is 2. The maximum Gasteiger partial charge on any atom is 0.317 e. The van der Waals surface area contributed by atoms with Gasteiger partial charge in [-0.25, -0.2) is 0 Å². The second-order valence-corrected chi connectivity index (χ2v) is 8.89. The van der Waals surface area contributed by atoms with Crippen LogP contribution in [0, 0.1) is 0 Å². The second-order valence-electron chi connectivity index (χ2n) is 7.17. The predicted octanol–water partition coefficient (Wildman–Crippen LogP) is 1.67. The topological polar surface area (TPSA) is 206 Å². The van der Waals surface area contributed by atoms with Gasteiger partial charge in [0.05, 0.1) is 24.5 Å². The molecular formula is C27H49N5O9S2. The van der Waals surface area contributed by atoms with Gasteiger partial charge < -0.3 is 31.3 Å². The lowest BCUT2D eigenvalue weighted by Gasteiger charge is -2.24. The molecule has 1 heterocycles. The van der Waals surface area contributed by atoms with E-state index in [0.717, 1.165) is 0 Å². The third-order valence-electron chi connectivity index (χ3n) is 4.58. The lowest BCUT2D eigenvalue weighted by molar-refractivity contribution is -0.140. The number of thiocarbonyl (C=S) groups is 1. The van der Waals surface area contributed by atoms with Crippen molar-refractivity contribution in [3.8, 4) is 5.75 Å². The highest BCUT2D eigenvalue weighted by Gasteiger charge is 2.20. The SMILES string of the molecule is C/C=C1\SC(=S)NC1=O.CC.CC.CC.CCN(CCN(CC(=O)O)CC(=O)NC)CC(=O)O.CNc1c(O)c(=O)c1=O. The van der Waals surface area contributed by atoms with Crippen LogP contribution in [0.5, 0.6) is 5.75 Å². The van der Waals surface area contributed by atoms with Gasteiger partial charge in [0, 0.05) is 27.2 Å². The maximum absolute atomic E-state index is 11.2.